The summed E-state index contributed by atoms with van der Waals surface area (Å²) in [5, 5.41) is 3.75. The van der Waals surface area contributed by atoms with Gasteiger partial charge in [-0.2, -0.15) is 5.10 Å². The SMILES string of the molecule is COc1ccc(C(=O)CC=NNC(N)=S)cc1. The minimum absolute atomic E-state index is 0.0406. The summed E-state index contributed by atoms with van der Waals surface area (Å²) in [5.41, 5.74) is 8.14. The number of ketones is 1. The molecule has 1 rings (SSSR count). The van der Waals surface area contributed by atoms with E-state index < -0.39 is 0 Å². The molecule has 90 valence electrons. The smallest absolute Gasteiger partial charge is 0.184 e. The van der Waals surface area contributed by atoms with Gasteiger partial charge >= 0.3 is 0 Å². The Kier molecular flexibility index (Phi) is 5.09. The molecule has 0 aliphatic carbocycles. The number of thiocarbonyl (C=S) groups is 1. The van der Waals surface area contributed by atoms with Crippen molar-refractivity contribution in [3.05, 3.63) is 29.8 Å². The molecule has 0 amide bonds. The standard InChI is InChI=1S/C11H13N3O2S/c1-16-9-4-2-8(3-5-9)10(15)6-7-13-14-11(12)17/h2-5,7H,6H2,1H3,(H3,12,14,17). The molecule has 0 aliphatic rings. The summed E-state index contributed by atoms with van der Waals surface area (Å²) >= 11 is 4.55. The molecule has 6 heteroatoms. The monoisotopic (exact) mass is 251 g/mol. The fourth-order valence-electron chi connectivity index (χ4n) is 1.13. The van der Waals surface area contributed by atoms with Gasteiger partial charge in [-0.05, 0) is 36.5 Å². The van der Waals surface area contributed by atoms with Crippen LogP contribution in [0, 0.1) is 0 Å². The van der Waals surface area contributed by atoms with Crippen LogP contribution in [0.2, 0.25) is 0 Å². The molecular formula is C11H13N3O2S. The van der Waals surface area contributed by atoms with Gasteiger partial charge in [-0.1, -0.05) is 0 Å². The molecule has 1 aromatic carbocycles. The molecule has 0 aromatic heterocycles. The summed E-state index contributed by atoms with van der Waals surface area (Å²) in [5.74, 6) is 0.673. The molecule has 0 fully saturated rings. The molecule has 0 aliphatic heterocycles. The number of hydrazone groups is 1. The van der Waals surface area contributed by atoms with Crippen LogP contribution in [0.4, 0.5) is 0 Å². The van der Waals surface area contributed by atoms with Crippen molar-refractivity contribution < 1.29 is 9.53 Å². The summed E-state index contributed by atoms with van der Waals surface area (Å²) in [7, 11) is 1.57. The lowest BCUT2D eigenvalue weighted by molar-refractivity contribution is 0.100. The first-order chi connectivity index (χ1) is 8.13. The van der Waals surface area contributed by atoms with Gasteiger partial charge in [0.25, 0.3) is 0 Å². The molecule has 1 aromatic rings. The van der Waals surface area contributed by atoms with E-state index >= 15 is 0 Å². The van der Waals surface area contributed by atoms with Crippen LogP contribution in [0.5, 0.6) is 5.75 Å². The first-order valence-electron chi connectivity index (χ1n) is 4.87. The Morgan fingerprint density at radius 3 is 2.71 bits per heavy atom. The molecule has 17 heavy (non-hydrogen) atoms. The number of carbonyl (C=O) groups excluding carboxylic acids is 1. The van der Waals surface area contributed by atoms with Crippen LogP contribution in [0.3, 0.4) is 0 Å². The van der Waals surface area contributed by atoms with Crippen molar-refractivity contribution in [2.75, 3.05) is 7.11 Å². The number of nitrogens with one attached hydrogen (secondary N) is 1. The Balaban J connectivity index is 2.52. The second kappa shape index (κ2) is 6.59. The van der Waals surface area contributed by atoms with Crippen LogP contribution in [0.15, 0.2) is 29.4 Å². The maximum absolute atomic E-state index is 11.7. The summed E-state index contributed by atoms with van der Waals surface area (Å²) in [4.78, 5) is 11.7. The number of hydrogen-bond donors (Lipinski definition) is 2. The van der Waals surface area contributed by atoms with Crippen LogP contribution >= 0.6 is 12.2 Å². The van der Waals surface area contributed by atoms with Crippen molar-refractivity contribution in [3.63, 3.8) is 0 Å². The van der Waals surface area contributed by atoms with Crippen molar-refractivity contribution in [1.82, 2.24) is 5.43 Å². The van der Waals surface area contributed by atoms with Gasteiger partial charge in [0.15, 0.2) is 10.9 Å². The normalized spacial score (nSPS) is 10.2. The molecule has 0 spiro atoms. The van der Waals surface area contributed by atoms with Crippen molar-refractivity contribution in [3.8, 4) is 5.75 Å². The summed E-state index contributed by atoms with van der Waals surface area (Å²) in [6, 6.07) is 6.88. The molecule has 3 N–H and O–H groups in total. The third-order valence-corrected chi connectivity index (χ3v) is 2.05. The lowest BCUT2D eigenvalue weighted by Gasteiger charge is -2.01. The Morgan fingerprint density at radius 1 is 1.53 bits per heavy atom. The summed E-state index contributed by atoms with van der Waals surface area (Å²) < 4.78 is 5.00. The van der Waals surface area contributed by atoms with E-state index in [1.54, 1.807) is 31.4 Å². The second-order valence-electron chi connectivity index (χ2n) is 3.14. The summed E-state index contributed by atoms with van der Waals surface area (Å²) in [6.45, 7) is 0. The number of nitrogens with two attached hydrogens (primary N) is 1. The van der Waals surface area contributed by atoms with Crippen LogP contribution < -0.4 is 15.9 Å². The molecule has 0 unspecified atom stereocenters. The van der Waals surface area contributed by atoms with Gasteiger partial charge in [-0.25, -0.2) is 0 Å². The predicted molar refractivity (Wildman–Crippen MR) is 70.4 cm³/mol. The third kappa shape index (κ3) is 4.60. The molecule has 0 saturated heterocycles. The Morgan fingerprint density at radius 2 is 2.18 bits per heavy atom. The van der Waals surface area contributed by atoms with Gasteiger partial charge in [-0.15, -0.1) is 0 Å². The van der Waals surface area contributed by atoms with Crippen LogP contribution in [-0.2, 0) is 0 Å². The average molecular weight is 251 g/mol. The molecule has 0 bridgehead atoms. The minimum Gasteiger partial charge on any atom is -0.497 e. The molecular weight excluding hydrogens is 238 g/mol. The number of ether oxygens (including phenoxy) is 1. The van der Waals surface area contributed by atoms with E-state index in [0.29, 0.717) is 11.3 Å². The number of Topliss-reactive ketones (excluding diaryl/α,β-unsaturated/α-hetero) is 1. The fraction of sp³-hybridized carbons (Fsp3) is 0.182. The lowest BCUT2D eigenvalue weighted by Crippen LogP contribution is -2.24. The van der Waals surface area contributed by atoms with Crippen molar-refractivity contribution in [2.24, 2.45) is 10.8 Å². The number of nitrogens with zero attached hydrogens (tertiary/aromatic N) is 1. The molecule has 0 saturated carbocycles. The quantitative estimate of drug-likeness (QED) is 0.354. The van der Waals surface area contributed by atoms with Crippen molar-refractivity contribution in [1.29, 1.82) is 0 Å². The van der Waals surface area contributed by atoms with Gasteiger partial charge in [0, 0.05) is 18.2 Å². The van der Waals surface area contributed by atoms with E-state index in [0.717, 1.165) is 0 Å². The highest BCUT2D eigenvalue weighted by molar-refractivity contribution is 7.80. The van der Waals surface area contributed by atoms with Crippen LogP contribution in [0.25, 0.3) is 0 Å². The summed E-state index contributed by atoms with van der Waals surface area (Å²) in [6.07, 6.45) is 1.60. The number of hydrogen-bond acceptors (Lipinski definition) is 4. The van der Waals surface area contributed by atoms with Crippen LogP contribution in [0.1, 0.15) is 16.8 Å². The largest absolute Gasteiger partial charge is 0.497 e. The van der Waals surface area contributed by atoms with Gasteiger partial charge in [-0.3, -0.25) is 10.2 Å². The first-order valence-corrected chi connectivity index (χ1v) is 5.28. The third-order valence-electron chi connectivity index (χ3n) is 1.95. The zero-order chi connectivity index (χ0) is 12.7. The Bertz CT molecular complexity index is 429. The molecule has 0 heterocycles. The van der Waals surface area contributed by atoms with E-state index in [1.165, 1.54) is 6.21 Å². The van der Waals surface area contributed by atoms with Gasteiger partial charge in [0.05, 0.1) is 7.11 Å². The van der Waals surface area contributed by atoms with E-state index in [9.17, 15) is 4.79 Å². The van der Waals surface area contributed by atoms with Gasteiger partial charge < -0.3 is 10.5 Å². The predicted octanol–water partition coefficient (Wildman–Crippen LogP) is 1.09. The van der Waals surface area contributed by atoms with Gasteiger partial charge in [0.2, 0.25) is 0 Å². The maximum Gasteiger partial charge on any atom is 0.184 e. The highest BCUT2D eigenvalue weighted by atomic mass is 32.1. The average Bonchev–Trinajstić information content (AvgIpc) is 2.34. The zero-order valence-corrected chi connectivity index (χ0v) is 10.2. The number of methoxy groups -OCH3 is 1. The first kappa shape index (κ1) is 13.1. The van der Waals surface area contributed by atoms with Gasteiger partial charge in [0.1, 0.15) is 5.75 Å². The van der Waals surface area contributed by atoms with E-state index in [-0.39, 0.29) is 17.3 Å². The Hall–Kier alpha value is -1.95. The fourth-order valence-corrected chi connectivity index (χ4v) is 1.19. The molecule has 0 radical (unpaired) electrons. The number of benzene rings is 1. The minimum atomic E-state index is -0.0406. The second-order valence-corrected chi connectivity index (χ2v) is 3.58. The lowest BCUT2D eigenvalue weighted by atomic mass is 10.1. The molecule has 5 nitrogen and oxygen atoms in total. The zero-order valence-electron chi connectivity index (χ0n) is 9.34. The van der Waals surface area contributed by atoms with E-state index in [1.807, 2.05) is 0 Å². The van der Waals surface area contributed by atoms with Crippen molar-refractivity contribution >= 4 is 29.3 Å². The number of rotatable bonds is 5. The highest BCUT2D eigenvalue weighted by Gasteiger charge is 2.03. The van der Waals surface area contributed by atoms with Crippen molar-refractivity contribution in [2.45, 2.75) is 6.42 Å². The van der Waals surface area contributed by atoms with Crippen LogP contribution in [-0.4, -0.2) is 24.2 Å². The Labute approximate surface area is 105 Å². The molecule has 0 atom stereocenters. The van der Waals surface area contributed by atoms with E-state index in [2.05, 4.69) is 22.7 Å². The maximum atomic E-state index is 11.7. The van der Waals surface area contributed by atoms with E-state index in [4.69, 9.17) is 10.5 Å². The topological polar surface area (TPSA) is 76.7 Å². The number of carbonyl (C=O) groups is 1. The highest BCUT2D eigenvalue weighted by Crippen LogP contribution is 2.12.